The molecule has 0 atom stereocenters. The molecule has 719 valence electrons. The van der Waals surface area contributed by atoms with E-state index in [1.54, 1.807) is 23.7 Å². The molecule has 19 nitrogen and oxygen atoms in total. The van der Waals surface area contributed by atoms with E-state index in [0.717, 1.165) is 88.5 Å². The first-order valence-electron chi connectivity index (χ1n) is 42.4. The number of aliphatic hydroxyl groups excluding tert-OH is 5. The predicted molar refractivity (Wildman–Crippen MR) is 546 cm³/mol. The van der Waals surface area contributed by atoms with Crippen LogP contribution in [0.15, 0.2) is 372 Å². The Hall–Kier alpha value is -13.1. The average Bonchev–Trinajstić information content (AvgIpc) is 1.57. The number of carbonyl (C=O) groups excluding carboxylic acids is 5. The number of rotatable bonds is 12. The van der Waals surface area contributed by atoms with Crippen molar-refractivity contribution in [2.24, 2.45) is 0 Å². The second kappa shape index (κ2) is 59.2. The minimum absolute atomic E-state index is 0. The molecule has 5 radical (unpaired) electrons. The summed E-state index contributed by atoms with van der Waals surface area (Å²) in [7, 11) is 2.00. The Labute approximate surface area is 882 Å². The molecule has 0 fully saturated rings. The Kier molecular flexibility index (Phi) is 49.6. The molecule has 0 amide bonds. The fourth-order valence-corrected chi connectivity index (χ4v) is 15.3. The van der Waals surface area contributed by atoms with Gasteiger partial charge in [0.1, 0.15) is 0 Å². The summed E-state index contributed by atoms with van der Waals surface area (Å²) < 4.78 is 7.79. The smallest absolute Gasteiger partial charge is 0.269 e. The van der Waals surface area contributed by atoms with Crippen molar-refractivity contribution in [2.45, 2.75) is 76.2 Å². The molecule has 0 bridgehead atoms. The summed E-state index contributed by atoms with van der Waals surface area (Å²) in [5.41, 5.74) is 10.6. The normalized spacial score (nSPS) is 10.7. The van der Waals surface area contributed by atoms with Gasteiger partial charge in [0.05, 0.1) is 50.4 Å². The minimum Gasteiger partial charge on any atom is -0.512 e. The van der Waals surface area contributed by atoms with E-state index in [9.17, 15) is 28.8 Å². The Bertz CT molecular complexity index is 7170. The number of anilines is 1. The van der Waals surface area contributed by atoms with Gasteiger partial charge in [-0.25, -0.2) is 0 Å². The third kappa shape index (κ3) is 36.3. The standard InChI is InChI=1S/C19H15N2O2S.2C19H12N.C17H10NS.C14H9N2.5C5H8O2.5Ir/c1-3-21(2)13-9-8-12-10-14(19(22)23-16(12)11-13)18-20-15-6-4-5-7-17(15)24-18;1-2-8-16-13-20-19(12-15(16)7-1)18-11-5-9-14-6-3-4-10-17(14)18;1-2-7-16-13-17(10-9-14(16)5-1)19-18-8-4-3-6-15(18)11-12-20-19;1-2-8-13-12(6-1)7-5-9-14(13)17-18-15-10-3-4-11-16(15)19-17;1-2-4-13-11(3-1)7-10-16-14(13)12-5-8-15-9-6-12;5*1-4(6)3-5(2)7;;;;;/h4-9,11H,3H2,1-2H3;1-10,12-13H;1-9,11-13H;1-8,10-11H;1-5,7-10H;5*3,6H,1-2H3;;;;;/q5*-1;;;;;;;;;;. The van der Waals surface area contributed by atoms with Crippen LogP contribution in [0.5, 0.6) is 0 Å². The van der Waals surface area contributed by atoms with Crippen molar-refractivity contribution in [1.29, 1.82) is 0 Å². The van der Waals surface area contributed by atoms with Crippen LogP contribution in [0.2, 0.25) is 0 Å². The third-order valence-corrected chi connectivity index (χ3v) is 21.2. The van der Waals surface area contributed by atoms with Crippen LogP contribution in [-0.2, 0) is 124 Å². The van der Waals surface area contributed by atoms with Gasteiger partial charge in [0.25, 0.3) is 5.63 Å². The molecular formula is C113H98Ir5N7O12S2-5. The maximum absolute atomic E-state index is 12.4. The van der Waals surface area contributed by atoms with Gasteiger partial charge in [-0.3, -0.25) is 43.7 Å². The van der Waals surface area contributed by atoms with Crippen LogP contribution in [-0.4, -0.2) is 97.9 Å². The number of allylic oxidation sites excluding steroid dienone is 10. The van der Waals surface area contributed by atoms with Crippen LogP contribution in [0.3, 0.4) is 0 Å². The number of carbonyl (C=O) groups is 5. The zero-order chi connectivity index (χ0) is 96.2. The Morgan fingerprint density at radius 3 is 1.20 bits per heavy atom. The Morgan fingerprint density at radius 1 is 0.381 bits per heavy atom. The van der Waals surface area contributed by atoms with Gasteiger partial charge in [-0.15, -0.1) is 106 Å². The number of hydrogen-bond acceptors (Lipinski definition) is 21. The van der Waals surface area contributed by atoms with Crippen molar-refractivity contribution < 1.29 is 154 Å². The van der Waals surface area contributed by atoms with Crippen molar-refractivity contribution in [3.8, 4) is 54.9 Å². The molecule has 0 unspecified atom stereocenters. The molecule has 7 heterocycles. The summed E-state index contributed by atoms with van der Waals surface area (Å²) >= 11 is 3.20. The maximum Gasteiger partial charge on any atom is 0.269 e. The maximum atomic E-state index is 12.4. The van der Waals surface area contributed by atoms with Crippen molar-refractivity contribution in [2.75, 3.05) is 18.5 Å². The van der Waals surface area contributed by atoms with E-state index >= 15 is 0 Å². The fourth-order valence-electron chi connectivity index (χ4n) is 13.4. The number of nitrogens with zero attached hydrogens (tertiary/aromatic N) is 7. The first kappa shape index (κ1) is 116. The van der Waals surface area contributed by atoms with E-state index in [4.69, 9.17) is 34.9 Å². The molecule has 0 saturated carbocycles. The summed E-state index contributed by atoms with van der Waals surface area (Å²) in [6.07, 6.45) is 14.9. The fraction of sp³-hybridized carbons (Fsp3) is 0.115. The quantitative estimate of drug-likeness (QED) is 0.0329. The topological polar surface area (TPSA) is 297 Å². The largest absolute Gasteiger partial charge is 0.512 e. The number of aromatic nitrogens is 6. The molecule has 12 aromatic carbocycles. The molecule has 7 aromatic heterocycles. The molecule has 26 heteroatoms. The van der Waals surface area contributed by atoms with Gasteiger partial charge in [0, 0.05) is 183 Å². The Balaban J connectivity index is 0.000000281. The van der Waals surface area contributed by atoms with Crippen LogP contribution in [0.1, 0.15) is 76.2 Å². The molecule has 0 aliphatic rings. The SMILES string of the molecule is CC(=O)C=C(C)O.CC(=O)C=C(C)O.CC(=O)C=C(C)O.CC(=O)C=C(C)O.CC(=O)C=C(C)O.CCN(C)c1ccc2[c-]c(-c3nc4ccccc4s3)c(=O)oc2c1.[Ir].[Ir].[Ir].[Ir].[Ir].[c-]1cc2ccccc2cc1-c1nccc2ccccc12.[c-]1ccc2ccccc2c1-c1cc2ccccc2cn1.[c-]1ccc2ccccc2c1-c1nc2ccccc2s1.[c-]1cnccc1-c1nccc2ccccc12. The van der Waals surface area contributed by atoms with Crippen LogP contribution in [0, 0.1) is 30.3 Å². The summed E-state index contributed by atoms with van der Waals surface area (Å²) in [6.45, 7) is 17.2. The number of fused-ring (bicyclic) bond motifs is 9. The van der Waals surface area contributed by atoms with Gasteiger partial charge in [-0.1, -0.05) is 204 Å². The van der Waals surface area contributed by atoms with E-state index in [1.807, 2.05) is 135 Å². The van der Waals surface area contributed by atoms with Crippen molar-refractivity contribution >= 4 is 153 Å². The van der Waals surface area contributed by atoms with E-state index in [1.165, 1.54) is 170 Å². The summed E-state index contributed by atoms with van der Waals surface area (Å²) in [5.74, 6) is -0.312. The summed E-state index contributed by atoms with van der Waals surface area (Å²) in [4.78, 5) is 91.4. The second-order valence-electron chi connectivity index (χ2n) is 30.2. The number of para-hydroxylation sites is 2. The second-order valence-corrected chi connectivity index (χ2v) is 32.3. The Morgan fingerprint density at radius 2 is 0.770 bits per heavy atom. The molecule has 0 spiro atoms. The van der Waals surface area contributed by atoms with Gasteiger partial charge in [0.15, 0.2) is 28.9 Å². The zero-order valence-electron chi connectivity index (χ0n) is 77.7. The number of hydrogen-bond donors (Lipinski definition) is 5. The van der Waals surface area contributed by atoms with E-state index in [2.05, 4.69) is 231 Å². The number of aliphatic hydroxyl groups is 5. The van der Waals surface area contributed by atoms with Gasteiger partial charge in [-0.05, 0) is 186 Å². The molecule has 0 aliphatic carbocycles. The van der Waals surface area contributed by atoms with E-state index in [0.29, 0.717) is 16.2 Å². The van der Waals surface area contributed by atoms with Crippen LogP contribution in [0.25, 0.3) is 151 Å². The first-order valence-corrected chi connectivity index (χ1v) is 44.0. The van der Waals surface area contributed by atoms with Crippen molar-refractivity contribution in [3.63, 3.8) is 0 Å². The summed E-state index contributed by atoms with van der Waals surface area (Å²) in [6, 6.07) is 108. The molecule has 19 rings (SSSR count). The van der Waals surface area contributed by atoms with Gasteiger partial charge in [-0.2, -0.15) is 34.3 Å². The van der Waals surface area contributed by atoms with Crippen LogP contribution in [0.4, 0.5) is 5.69 Å². The molecule has 0 saturated heterocycles. The molecule has 139 heavy (non-hydrogen) atoms. The van der Waals surface area contributed by atoms with E-state index < -0.39 is 5.63 Å². The zero-order valence-corrected chi connectivity index (χ0v) is 91.3. The number of thiazole rings is 2. The first-order chi connectivity index (χ1) is 64.5. The monoisotopic (exact) mass is 2770 g/mol. The molecule has 0 aliphatic heterocycles. The van der Waals surface area contributed by atoms with Crippen LogP contribution >= 0.6 is 22.7 Å². The number of pyridine rings is 4. The minimum atomic E-state index is -0.405. The van der Waals surface area contributed by atoms with Crippen LogP contribution < -0.4 is 10.5 Å². The third-order valence-electron chi connectivity index (χ3n) is 19.1. The predicted octanol–water partition coefficient (Wildman–Crippen LogP) is 27.2. The van der Waals surface area contributed by atoms with Gasteiger partial charge >= 0.3 is 0 Å². The van der Waals surface area contributed by atoms with Gasteiger partial charge < -0.3 is 49.8 Å². The molecular weight excluding hydrogens is 2670 g/mol. The van der Waals surface area contributed by atoms with Gasteiger partial charge in [0.2, 0.25) is 0 Å². The molecule has 5 N–H and O–H groups in total. The average molecular weight is 2770 g/mol. The van der Waals surface area contributed by atoms with E-state index in [-0.39, 0.29) is 158 Å². The summed E-state index contributed by atoms with van der Waals surface area (Å²) in [5, 5.41) is 58.6. The number of ketones is 5. The van der Waals surface area contributed by atoms with Crippen molar-refractivity contribution in [3.05, 3.63) is 404 Å². The molecule has 19 aromatic rings. The number of benzene rings is 12. The van der Waals surface area contributed by atoms with Crippen molar-refractivity contribution in [1.82, 2.24) is 29.9 Å².